The van der Waals surface area contributed by atoms with Crippen molar-refractivity contribution in [2.24, 2.45) is 0 Å². The smallest absolute Gasteiger partial charge is 0.242 e. The predicted octanol–water partition coefficient (Wildman–Crippen LogP) is 2.84. The number of rotatable bonds is 6. The lowest BCUT2D eigenvalue weighted by Crippen LogP contribution is -2.28. The summed E-state index contributed by atoms with van der Waals surface area (Å²) in [5.41, 5.74) is 0. The van der Waals surface area contributed by atoms with Gasteiger partial charge in [0.1, 0.15) is 23.1 Å². The molecule has 0 bridgehead atoms. The molecule has 0 aromatic heterocycles. The highest BCUT2D eigenvalue weighted by Crippen LogP contribution is 2.19. The van der Waals surface area contributed by atoms with E-state index in [2.05, 4.69) is 4.72 Å². The lowest BCUT2D eigenvalue weighted by atomic mass is 10.3. The molecule has 0 radical (unpaired) electrons. The maximum atomic E-state index is 12.7. The molecule has 2 rings (SSSR count). The minimum atomic E-state index is -3.67. The lowest BCUT2D eigenvalue weighted by molar-refractivity contribution is 0.322. The average Bonchev–Trinajstić information content (AvgIpc) is 2.46. The highest BCUT2D eigenvalue weighted by atomic mass is 35.5. The second-order valence-corrected chi connectivity index (χ2v) is 6.27. The van der Waals surface area contributed by atoms with Crippen molar-refractivity contribution in [2.45, 2.75) is 4.90 Å². The fraction of sp³-hybridized carbons (Fsp3) is 0.143. The normalized spacial score (nSPS) is 11.3. The molecule has 0 fully saturated rings. The maximum absolute atomic E-state index is 12.7. The first kappa shape index (κ1) is 15.8. The SMILES string of the molecule is O=S(=O)(NCCOc1ccc(F)cc1)c1ccccc1Cl. The predicted molar refractivity (Wildman–Crippen MR) is 78.5 cm³/mol. The molecule has 0 spiro atoms. The van der Waals surface area contributed by atoms with Gasteiger partial charge in [0.15, 0.2) is 0 Å². The topological polar surface area (TPSA) is 55.4 Å². The molecule has 7 heteroatoms. The minimum Gasteiger partial charge on any atom is -0.492 e. The van der Waals surface area contributed by atoms with Crippen LogP contribution >= 0.6 is 11.6 Å². The lowest BCUT2D eigenvalue weighted by Gasteiger charge is -2.09. The monoisotopic (exact) mass is 329 g/mol. The van der Waals surface area contributed by atoms with Crippen molar-refractivity contribution < 1.29 is 17.5 Å². The Hall–Kier alpha value is -1.63. The van der Waals surface area contributed by atoms with E-state index in [-0.39, 0.29) is 28.9 Å². The molecule has 0 aliphatic carbocycles. The Kier molecular flexibility index (Phi) is 5.17. The zero-order valence-corrected chi connectivity index (χ0v) is 12.5. The number of halogens is 2. The summed E-state index contributed by atoms with van der Waals surface area (Å²) in [4.78, 5) is 0.0217. The van der Waals surface area contributed by atoms with Gasteiger partial charge in [0, 0.05) is 6.54 Å². The first-order valence-electron chi connectivity index (χ1n) is 6.11. The number of sulfonamides is 1. The van der Waals surface area contributed by atoms with Crippen LogP contribution in [0.25, 0.3) is 0 Å². The first-order valence-corrected chi connectivity index (χ1v) is 7.98. The summed E-state index contributed by atoms with van der Waals surface area (Å²) in [7, 11) is -3.67. The fourth-order valence-corrected chi connectivity index (χ4v) is 3.15. The molecular weight excluding hydrogens is 317 g/mol. The molecule has 2 aromatic rings. The molecule has 0 amide bonds. The largest absolute Gasteiger partial charge is 0.492 e. The van der Waals surface area contributed by atoms with Crippen LogP contribution in [0.5, 0.6) is 5.75 Å². The number of hydrogen-bond acceptors (Lipinski definition) is 3. The van der Waals surface area contributed by atoms with E-state index in [1.807, 2.05) is 0 Å². The van der Waals surface area contributed by atoms with E-state index >= 15 is 0 Å². The third kappa shape index (κ3) is 4.42. The van der Waals surface area contributed by atoms with Gasteiger partial charge >= 0.3 is 0 Å². The number of benzene rings is 2. The summed E-state index contributed by atoms with van der Waals surface area (Å²) in [6.45, 7) is 0.195. The van der Waals surface area contributed by atoms with Gasteiger partial charge in [-0.2, -0.15) is 0 Å². The molecule has 0 heterocycles. The van der Waals surface area contributed by atoms with Crippen LogP contribution < -0.4 is 9.46 Å². The summed E-state index contributed by atoms with van der Waals surface area (Å²) in [5, 5.41) is 0.157. The number of nitrogens with one attached hydrogen (secondary N) is 1. The highest BCUT2D eigenvalue weighted by molar-refractivity contribution is 7.89. The zero-order chi connectivity index (χ0) is 15.3. The number of hydrogen-bond donors (Lipinski definition) is 1. The van der Waals surface area contributed by atoms with Crippen molar-refractivity contribution in [3.8, 4) is 5.75 Å². The fourth-order valence-electron chi connectivity index (χ4n) is 1.62. The Morgan fingerprint density at radius 3 is 2.43 bits per heavy atom. The minimum absolute atomic E-state index is 0.0217. The van der Waals surface area contributed by atoms with Crippen molar-refractivity contribution in [1.82, 2.24) is 4.72 Å². The third-order valence-electron chi connectivity index (χ3n) is 2.60. The summed E-state index contributed by atoms with van der Waals surface area (Å²) in [5.74, 6) is 0.107. The van der Waals surface area contributed by atoms with E-state index in [1.54, 1.807) is 12.1 Å². The molecule has 2 aromatic carbocycles. The molecule has 0 saturated heterocycles. The second-order valence-electron chi connectivity index (χ2n) is 4.13. The Morgan fingerprint density at radius 1 is 1.10 bits per heavy atom. The van der Waals surface area contributed by atoms with E-state index in [9.17, 15) is 12.8 Å². The van der Waals surface area contributed by atoms with Gasteiger partial charge in [0.05, 0.1) is 5.02 Å². The van der Waals surface area contributed by atoms with Crippen LogP contribution in [0.4, 0.5) is 4.39 Å². The van der Waals surface area contributed by atoms with Gasteiger partial charge in [0.25, 0.3) is 0 Å². The molecular formula is C14H13ClFNO3S. The standard InChI is InChI=1S/C14H13ClFNO3S/c15-13-3-1-2-4-14(13)21(18,19)17-9-10-20-12-7-5-11(16)6-8-12/h1-8,17H,9-10H2. The average molecular weight is 330 g/mol. The van der Waals surface area contributed by atoms with Gasteiger partial charge < -0.3 is 4.74 Å². The molecule has 0 aliphatic rings. The van der Waals surface area contributed by atoms with Crippen molar-refractivity contribution in [3.05, 3.63) is 59.4 Å². The highest BCUT2D eigenvalue weighted by Gasteiger charge is 2.16. The van der Waals surface area contributed by atoms with Gasteiger partial charge in [0.2, 0.25) is 10.0 Å². The third-order valence-corrected chi connectivity index (χ3v) is 4.56. The molecule has 112 valence electrons. The molecule has 0 atom stereocenters. The Bertz CT molecular complexity index is 704. The van der Waals surface area contributed by atoms with Crippen molar-refractivity contribution in [3.63, 3.8) is 0 Å². The Labute approximate surface area is 127 Å². The van der Waals surface area contributed by atoms with Gasteiger partial charge in [-0.05, 0) is 36.4 Å². The van der Waals surface area contributed by atoms with Gasteiger partial charge in [-0.1, -0.05) is 23.7 Å². The van der Waals surface area contributed by atoms with Gasteiger partial charge in [-0.3, -0.25) is 0 Å². The molecule has 0 aliphatic heterocycles. The molecule has 0 saturated carbocycles. The molecule has 4 nitrogen and oxygen atoms in total. The van der Waals surface area contributed by atoms with Crippen LogP contribution in [0.3, 0.4) is 0 Å². The first-order chi connectivity index (χ1) is 9.99. The number of ether oxygens (including phenoxy) is 1. The van der Waals surface area contributed by atoms with E-state index < -0.39 is 10.0 Å². The Morgan fingerprint density at radius 2 is 1.76 bits per heavy atom. The van der Waals surface area contributed by atoms with E-state index in [1.165, 1.54) is 36.4 Å². The molecule has 0 unspecified atom stereocenters. The van der Waals surface area contributed by atoms with Crippen LogP contribution in [-0.2, 0) is 10.0 Å². The van der Waals surface area contributed by atoms with Crippen LogP contribution in [0.15, 0.2) is 53.4 Å². The van der Waals surface area contributed by atoms with Crippen molar-refractivity contribution >= 4 is 21.6 Å². The Balaban J connectivity index is 1.88. The van der Waals surface area contributed by atoms with E-state index in [0.717, 1.165) is 0 Å². The van der Waals surface area contributed by atoms with Gasteiger partial charge in [-0.15, -0.1) is 0 Å². The quantitative estimate of drug-likeness (QED) is 0.829. The second kappa shape index (κ2) is 6.89. The van der Waals surface area contributed by atoms with Crippen LogP contribution in [-0.4, -0.2) is 21.6 Å². The molecule has 21 heavy (non-hydrogen) atoms. The van der Waals surface area contributed by atoms with Crippen LogP contribution in [0, 0.1) is 5.82 Å². The summed E-state index contributed by atoms with van der Waals surface area (Å²) >= 11 is 5.85. The van der Waals surface area contributed by atoms with Crippen molar-refractivity contribution in [1.29, 1.82) is 0 Å². The van der Waals surface area contributed by atoms with E-state index in [0.29, 0.717) is 5.75 Å². The van der Waals surface area contributed by atoms with Crippen LogP contribution in [0.2, 0.25) is 5.02 Å². The zero-order valence-electron chi connectivity index (χ0n) is 10.9. The van der Waals surface area contributed by atoms with E-state index in [4.69, 9.17) is 16.3 Å². The van der Waals surface area contributed by atoms with Crippen LogP contribution in [0.1, 0.15) is 0 Å². The van der Waals surface area contributed by atoms with Crippen molar-refractivity contribution in [2.75, 3.05) is 13.2 Å². The summed E-state index contributed by atoms with van der Waals surface area (Å²) < 4.78 is 44.4. The summed E-state index contributed by atoms with van der Waals surface area (Å²) in [6.07, 6.45) is 0. The maximum Gasteiger partial charge on any atom is 0.242 e. The molecule has 1 N–H and O–H groups in total. The van der Waals surface area contributed by atoms with Gasteiger partial charge in [-0.25, -0.2) is 17.5 Å². The summed E-state index contributed by atoms with van der Waals surface area (Å²) in [6, 6.07) is 11.6.